The average molecular weight is 162 g/mol. The van der Waals surface area contributed by atoms with E-state index in [2.05, 4.69) is 0 Å². The summed E-state index contributed by atoms with van der Waals surface area (Å²) in [5, 5.41) is 0. The molecule has 0 amide bonds. The van der Waals surface area contributed by atoms with Crippen LogP contribution in [0.2, 0.25) is 0 Å². The number of methoxy groups -OCH3 is 2. The van der Waals surface area contributed by atoms with E-state index in [4.69, 9.17) is 9.47 Å². The van der Waals surface area contributed by atoms with Gasteiger partial charge in [-0.25, -0.2) is 0 Å². The molecule has 0 bridgehead atoms. The van der Waals surface area contributed by atoms with Gasteiger partial charge in [0.05, 0.1) is 11.7 Å². The lowest BCUT2D eigenvalue weighted by Crippen LogP contribution is -2.15. The van der Waals surface area contributed by atoms with E-state index >= 15 is 0 Å². The highest BCUT2D eigenvalue weighted by Gasteiger charge is 2.03. The van der Waals surface area contributed by atoms with Gasteiger partial charge in [0.25, 0.3) is 0 Å². The lowest BCUT2D eigenvalue weighted by Gasteiger charge is -2.14. The predicted molar refractivity (Wildman–Crippen MR) is 48.9 cm³/mol. The maximum absolute atomic E-state index is 4.94. The fourth-order valence-electron chi connectivity index (χ4n) is 0. The van der Waals surface area contributed by atoms with E-state index in [1.54, 1.807) is 14.2 Å². The number of hydrogen-bond donors (Lipinski definition) is 0. The summed E-state index contributed by atoms with van der Waals surface area (Å²) < 4.78 is 9.69. The van der Waals surface area contributed by atoms with Gasteiger partial charge in [-0.05, 0) is 34.6 Å². The van der Waals surface area contributed by atoms with Crippen molar-refractivity contribution in [1.82, 2.24) is 0 Å². The van der Waals surface area contributed by atoms with Gasteiger partial charge in [-0.2, -0.15) is 0 Å². The van der Waals surface area contributed by atoms with Crippen LogP contribution in [0.25, 0.3) is 0 Å². The molecule has 2 nitrogen and oxygen atoms in total. The summed E-state index contributed by atoms with van der Waals surface area (Å²) in [5.41, 5.74) is 0.0417. The average Bonchev–Trinajstić information content (AvgIpc) is 1.88. The zero-order valence-electron chi connectivity index (χ0n) is 8.89. The highest BCUT2D eigenvalue weighted by molar-refractivity contribution is 4.55. The molecule has 70 valence electrons. The van der Waals surface area contributed by atoms with Crippen molar-refractivity contribution >= 4 is 0 Å². The van der Waals surface area contributed by atoms with Crippen LogP contribution < -0.4 is 0 Å². The van der Waals surface area contributed by atoms with Crippen LogP contribution in [-0.4, -0.2) is 25.9 Å². The zero-order chi connectivity index (χ0) is 9.49. The van der Waals surface area contributed by atoms with Crippen LogP contribution in [0.5, 0.6) is 0 Å². The van der Waals surface area contributed by atoms with E-state index in [0.29, 0.717) is 6.10 Å². The van der Waals surface area contributed by atoms with E-state index in [0.717, 1.165) is 0 Å². The molecule has 0 radical (unpaired) electrons. The minimum Gasteiger partial charge on any atom is -0.382 e. The van der Waals surface area contributed by atoms with Crippen LogP contribution in [0.3, 0.4) is 0 Å². The van der Waals surface area contributed by atoms with E-state index in [1.165, 1.54) is 0 Å². The lowest BCUT2D eigenvalue weighted by atomic mass is 10.2. The van der Waals surface area contributed by atoms with Crippen molar-refractivity contribution < 1.29 is 9.47 Å². The Bertz CT molecular complexity index is 72.1. The third kappa shape index (κ3) is 25.7. The molecule has 0 saturated carbocycles. The molecule has 0 aliphatic carbocycles. The molecule has 0 aromatic carbocycles. The molecule has 0 saturated heterocycles. The van der Waals surface area contributed by atoms with Gasteiger partial charge in [-0.3, -0.25) is 0 Å². The molecule has 0 unspecified atom stereocenters. The van der Waals surface area contributed by atoms with Crippen molar-refractivity contribution in [3.63, 3.8) is 0 Å². The van der Waals surface area contributed by atoms with Crippen LogP contribution in [0.15, 0.2) is 0 Å². The molecule has 0 aliphatic rings. The topological polar surface area (TPSA) is 18.5 Å². The van der Waals surface area contributed by atoms with E-state index in [9.17, 15) is 0 Å². The second-order valence-corrected chi connectivity index (χ2v) is 3.60. The van der Waals surface area contributed by atoms with E-state index in [-0.39, 0.29) is 5.60 Å². The summed E-state index contributed by atoms with van der Waals surface area (Å²) in [6, 6.07) is 0. The summed E-state index contributed by atoms with van der Waals surface area (Å²) in [5.74, 6) is 0. The van der Waals surface area contributed by atoms with Gasteiger partial charge in [-0.15, -0.1) is 0 Å². The normalized spacial score (nSPS) is 10.9. The Hall–Kier alpha value is -0.0800. The van der Waals surface area contributed by atoms with E-state index < -0.39 is 0 Å². The molecule has 0 rings (SSSR count). The number of rotatable bonds is 1. The van der Waals surface area contributed by atoms with Gasteiger partial charge in [-0.1, -0.05) is 0 Å². The van der Waals surface area contributed by atoms with Crippen molar-refractivity contribution in [2.75, 3.05) is 14.2 Å². The second-order valence-electron chi connectivity index (χ2n) is 3.60. The second kappa shape index (κ2) is 6.62. The number of hydrogen-bond acceptors (Lipinski definition) is 2. The molecule has 11 heavy (non-hydrogen) atoms. The zero-order valence-corrected chi connectivity index (χ0v) is 8.89. The fourth-order valence-corrected chi connectivity index (χ4v) is 0. The summed E-state index contributed by atoms with van der Waals surface area (Å²) in [7, 11) is 3.41. The summed E-state index contributed by atoms with van der Waals surface area (Å²) in [4.78, 5) is 0. The standard InChI is InChI=1S/C5H12O.C4H10O/c1-5(2,3)6-4;1-4(2)5-3/h1-4H3;4H,1-3H3. The van der Waals surface area contributed by atoms with Crippen molar-refractivity contribution in [2.45, 2.75) is 46.3 Å². The maximum atomic E-state index is 4.94. The van der Waals surface area contributed by atoms with Gasteiger partial charge in [0.1, 0.15) is 0 Å². The minimum atomic E-state index is 0.0417. The van der Waals surface area contributed by atoms with Crippen LogP contribution in [-0.2, 0) is 9.47 Å². The Kier molecular flexibility index (Phi) is 8.13. The maximum Gasteiger partial charge on any atom is 0.0594 e. The van der Waals surface area contributed by atoms with Crippen LogP contribution in [0, 0.1) is 0 Å². The first-order valence-corrected chi connectivity index (χ1v) is 3.91. The molecular formula is C9H22O2. The van der Waals surface area contributed by atoms with Crippen LogP contribution in [0.1, 0.15) is 34.6 Å². The smallest absolute Gasteiger partial charge is 0.0594 e. The molecule has 0 heterocycles. The van der Waals surface area contributed by atoms with Gasteiger partial charge in [0.15, 0.2) is 0 Å². The first-order valence-electron chi connectivity index (χ1n) is 3.91. The SMILES string of the molecule is COC(C)(C)C.COC(C)C. The third-order valence-corrected chi connectivity index (χ3v) is 1.08. The molecule has 0 N–H and O–H groups in total. The van der Waals surface area contributed by atoms with Crippen molar-refractivity contribution in [3.8, 4) is 0 Å². The summed E-state index contributed by atoms with van der Waals surface area (Å²) in [6.07, 6.45) is 0.384. The Morgan fingerprint density at radius 3 is 1.18 bits per heavy atom. The monoisotopic (exact) mass is 162 g/mol. The predicted octanol–water partition coefficient (Wildman–Crippen LogP) is 2.47. The first kappa shape index (κ1) is 13.5. The molecule has 0 atom stereocenters. The molecule has 0 aromatic heterocycles. The molecule has 0 fully saturated rings. The van der Waals surface area contributed by atoms with Crippen molar-refractivity contribution in [2.24, 2.45) is 0 Å². The Morgan fingerprint density at radius 1 is 1.00 bits per heavy atom. The largest absolute Gasteiger partial charge is 0.382 e. The summed E-state index contributed by atoms with van der Waals surface area (Å²) >= 11 is 0. The molecule has 0 spiro atoms. The summed E-state index contributed by atoms with van der Waals surface area (Å²) in [6.45, 7) is 10.1. The molecule has 2 heteroatoms. The first-order chi connectivity index (χ1) is 4.83. The minimum absolute atomic E-state index is 0.0417. The Morgan fingerprint density at radius 2 is 1.18 bits per heavy atom. The van der Waals surface area contributed by atoms with Crippen LogP contribution in [0.4, 0.5) is 0 Å². The Balaban J connectivity index is 0. The molecular weight excluding hydrogens is 140 g/mol. The highest BCUT2D eigenvalue weighted by Crippen LogP contribution is 2.02. The van der Waals surface area contributed by atoms with Gasteiger partial charge >= 0.3 is 0 Å². The van der Waals surface area contributed by atoms with Gasteiger partial charge in [0, 0.05) is 14.2 Å². The lowest BCUT2D eigenvalue weighted by molar-refractivity contribution is 0.0397. The highest BCUT2D eigenvalue weighted by atomic mass is 16.5. The molecule has 0 aromatic rings. The van der Waals surface area contributed by atoms with E-state index in [1.807, 2.05) is 34.6 Å². The van der Waals surface area contributed by atoms with Gasteiger partial charge in [0.2, 0.25) is 0 Å². The van der Waals surface area contributed by atoms with Crippen molar-refractivity contribution in [1.29, 1.82) is 0 Å². The molecule has 0 aliphatic heterocycles. The third-order valence-electron chi connectivity index (χ3n) is 1.08. The Labute approximate surface area is 70.9 Å². The van der Waals surface area contributed by atoms with Gasteiger partial charge < -0.3 is 9.47 Å². The van der Waals surface area contributed by atoms with Crippen molar-refractivity contribution in [3.05, 3.63) is 0 Å². The fraction of sp³-hybridized carbons (Fsp3) is 1.00. The van der Waals surface area contributed by atoms with Crippen LogP contribution >= 0.6 is 0 Å². The number of ether oxygens (including phenoxy) is 2. The quantitative estimate of drug-likeness (QED) is 0.589.